The van der Waals surface area contributed by atoms with Gasteiger partial charge < -0.3 is 23.9 Å². The molecule has 2 N–H and O–H groups in total. The first kappa shape index (κ1) is 21.6. The van der Waals surface area contributed by atoms with Crippen molar-refractivity contribution in [1.29, 1.82) is 0 Å². The number of thiol groups is 1. The summed E-state index contributed by atoms with van der Waals surface area (Å²) in [4.78, 5) is 12.7. The van der Waals surface area contributed by atoms with Crippen molar-refractivity contribution in [3.05, 3.63) is 12.7 Å². The van der Waals surface area contributed by atoms with E-state index in [1.807, 2.05) is 4.57 Å². The highest BCUT2D eigenvalue weighted by atomic mass is 32.9. The summed E-state index contributed by atoms with van der Waals surface area (Å²) in [6, 6.07) is 0. The maximum atomic E-state index is 6.79. The van der Waals surface area contributed by atoms with Crippen LogP contribution in [0.3, 0.4) is 0 Å². The summed E-state index contributed by atoms with van der Waals surface area (Å²) in [6.07, 6.45) is 1.43. The summed E-state index contributed by atoms with van der Waals surface area (Å²) < 4.78 is 26.7. The molecule has 4 heterocycles. The molecule has 2 fully saturated rings. The zero-order chi connectivity index (χ0) is 21.2. The Hall–Kier alpha value is -0.593. The van der Waals surface area contributed by atoms with Crippen molar-refractivity contribution < 1.29 is 18.2 Å². The van der Waals surface area contributed by atoms with Crippen LogP contribution in [-0.4, -0.2) is 52.8 Å². The Labute approximate surface area is 181 Å². The molecule has 29 heavy (non-hydrogen) atoms. The molecule has 4 rings (SSSR count). The van der Waals surface area contributed by atoms with Gasteiger partial charge in [-0.05, 0) is 29.9 Å². The van der Waals surface area contributed by atoms with Crippen LogP contribution >= 0.6 is 17.9 Å². The van der Waals surface area contributed by atoms with Crippen molar-refractivity contribution in [3.63, 3.8) is 0 Å². The normalized spacial score (nSPS) is 33.2. The lowest BCUT2D eigenvalue weighted by Crippen LogP contribution is -2.49. The van der Waals surface area contributed by atoms with Gasteiger partial charge in [0.25, 0.3) is 0 Å². The summed E-state index contributed by atoms with van der Waals surface area (Å²) >= 11 is 9.81. The smallest absolute Gasteiger partial charge is 0.244 e. The van der Waals surface area contributed by atoms with Crippen LogP contribution in [0.2, 0.25) is 18.1 Å². The molecule has 0 bridgehead atoms. The summed E-state index contributed by atoms with van der Waals surface area (Å²) in [5.41, 5.74) is 4.41. The van der Waals surface area contributed by atoms with Crippen LogP contribution < -0.4 is 5.73 Å². The van der Waals surface area contributed by atoms with Crippen molar-refractivity contribution >= 4 is 55.0 Å². The molecule has 2 saturated heterocycles. The van der Waals surface area contributed by atoms with Crippen LogP contribution in [-0.2, 0) is 30.0 Å². The van der Waals surface area contributed by atoms with Gasteiger partial charge >= 0.3 is 0 Å². The summed E-state index contributed by atoms with van der Waals surface area (Å²) in [5, 5.41) is 0.00552. The topological polar surface area (TPSA) is 107 Å². The van der Waals surface area contributed by atoms with E-state index in [1.54, 1.807) is 6.33 Å². The van der Waals surface area contributed by atoms with Crippen molar-refractivity contribution in [2.45, 2.75) is 63.4 Å². The van der Waals surface area contributed by atoms with Gasteiger partial charge in [-0.1, -0.05) is 33.0 Å². The third-order valence-corrected chi connectivity index (χ3v) is 12.5. The van der Waals surface area contributed by atoms with Crippen LogP contribution in [0.4, 0.5) is 5.82 Å². The van der Waals surface area contributed by atoms with E-state index >= 15 is 0 Å². The zero-order valence-corrected chi connectivity index (χ0v) is 20.6. The fraction of sp³-hybridized carbons (Fsp3) is 0.688. The Morgan fingerprint density at radius 2 is 2.07 bits per heavy atom. The number of hydrogen-bond acceptors (Lipinski definition) is 9. The molecule has 0 aliphatic carbocycles. The molecular weight excluding hydrogens is 449 g/mol. The third kappa shape index (κ3) is 3.89. The molecule has 13 heteroatoms. The number of nitrogens with two attached hydrogens (primary N) is 1. The standard InChI is InChI=1S/C16H26N5O4PS2Si/c1-16(2,3)29(4,5)25-12-11-9(6-22-26(27,28)24-11)23-15(12)21-8-20-10-13(17)18-7-19-14(10)21/h7-9,11-12,15H,6H2,1-5H3,(H,27,28)(H2,17,18,19). The summed E-state index contributed by atoms with van der Waals surface area (Å²) in [7, 11) is -2.16. The first-order valence-electron chi connectivity index (χ1n) is 9.32. The average molecular weight is 476 g/mol. The van der Waals surface area contributed by atoms with Crippen molar-refractivity contribution in [1.82, 2.24) is 19.5 Å². The Morgan fingerprint density at radius 3 is 2.76 bits per heavy atom. The molecule has 2 aromatic heterocycles. The van der Waals surface area contributed by atoms with E-state index in [9.17, 15) is 0 Å². The predicted octanol–water partition coefficient (Wildman–Crippen LogP) is 3.27. The highest BCUT2D eigenvalue weighted by molar-refractivity contribution is 8.60. The molecule has 0 spiro atoms. The van der Waals surface area contributed by atoms with Crippen LogP contribution in [0.15, 0.2) is 12.7 Å². The molecule has 9 nitrogen and oxygen atoms in total. The molecule has 0 aromatic carbocycles. The van der Waals surface area contributed by atoms with E-state index in [1.165, 1.54) is 6.33 Å². The highest BCUT2D eigenvalue weighted by Crippen LogP contribution is 2.60. The second-order valence-electron chi connectivity index (χ2n) is 8.83. The number of nitrogens with zero attached hydrogens (tertiary/aromatic N) is 4. The Balaban J connectivity index is 1.77. The van der Waals surface area contributed by atoms with Gasteiger partial charge in [-0.25, -0.2) is 15.0 Å². The lowest BCUT2D eigenvalue weighted by molar-refractivity contribution is -0.0520. The number of anilines is 1. The lowest BCUT2D eigenvalue weighted by atomic mass is 10.1. The number of aromatic nitrogens is 4. The fourth-order valence-electron chi connectivity index (χ4n) is 3.24. The van der Waals surface area contributed by atoms with Crippen LogP contribution in [0.25, 0.3) is 11.2 Å². The molecule has 0 saturated carbocycles. The second-order valence-corrected chi connectivity index (χ2v) is 18.8. The quantitative estimate of drug-likeness (QED) is 0.393. The molecule has 160 valence electrons. The van der Waals surface area contributed by atoms with Gasteiger partial charge in [-0.3, -0.25) is 4.57 Å². The minimum Gasteiger partial charge on any atom is -0.407 e. The second kappa shape index (κ2) is 7.23. The molecule has 2 aliphatic heterocycles. The van der Waals surface area contributed by atoms with Crippen molar-refractivity contribution in [2.24, 2.45) is 0 Å². The Bertz CT molecular complexity index is 984. The first-order valence-corrected chi connectivity index (χ1v) is 16.0. The van der Waals surface area contributed by atoms with Crippen LogP contribution in [0, 0.1) is 0 Å². The van der Waals surface area contributed by atoms with Gasteiger partial charge in [0, 0.05) is 0 Å². The SMILES string of the molecule is CC(C)(C)[Si](C)(C)OC1C2OP(=S)(S)OCC2OC1n1cnc2c(N)ncnc21. The molecule has 5 unspecified atom stereocenters. The molecule has 5 atom stereocenters. The number of imidazole rings is 1. The number of nitrogen functional groups attached to an aromatic ring is 1. The Kier molecular flexibility index (Phi) is 5.39. The number of rotatable bonds is 3. The maximum Gasteiger partial charge on any atom is 0.244 e. The molecular formula is C16H26N5O4PS2Si. The van der Waals surface area contributed by atoms with E-state index in [-0.39, 0.29) is 17.2 Å². The molecule has 0 radical (unpaired) electrons. The molecule has 2 aliphatic rings. The average Bonchev–Trinajstić information content (AvgIpc) is 3.16. The van der Waals surface area contributed by atoms with Crippen molar-refractivity contribution in [3.8, 4) is 0 Å². The van der Waals surface area contributed by atoms with Crippen LogP contribution in [0.5, 0.6) is 0 Å². The number of ether oxygens (including phenoxy) is 1. The van der Waals surface area contributed by atoms with Gasteiger partial charge in [0.05, 0.1) is 12.9 Å². The minimum atomic E-state index is -2.65. The molecule has 2 aromatic rings. The summed E-state index contributed by atoms with van der Waals surface area (Å²) in [5.74, 6) is 0.316. The monoisotopic (exact) mass is 475 g/mol. The number of hydrogen-bond donors (Lipinski definition) is 2. The Morgan fingerprint density at radius 1 is 1.34 bits per heavy atom. The van der Waals surface area contributed by atoms with E-state index in [0.29, 0.717) is 23.6 Å². The zero-order valence-electron chi connectivity index (χ0n) is 17.0. The molecule has 0 amide bonds. The van der Waals surface area contributed by atoms with Gasteiger partial charge in [-0.15, -0.1) is 0 Å². The number of fused-ring (bicyclic) bond motifs is 2. The third-order valence-electron chi connectivity index (χ3n) is 5.84. The largest absolute Gasteiger partial charge is 0.407 e. The van der Waals surface area contributed by atoms with Gasteiger partial charge in [0.15, 0.2) is 26.0 Å². The van der Waals surface area contributed by atoms with E-state index in [0.717, 1.165) is 0 Å². The van der Waals surface area contributed by atoms with Gasteiger partial charge in [0.2, 0.25) is 5.69 Å². The van der Waals surface area contributed by atoms with E-state index < -0.39 is 26.3 Å². The predicted molar refractivity (Wildman–Crippen MR) is 120 cm³/mol. The van der Waals surface area contributed by atoms with Gasteiger partial charge in [-0.2, -0.15) is 0 Å². The van der Waals surface area contributed by atoms with E-state index in [2.05, 4.69) is 61.1 Å². The fourth-order valence-corrected chi connectivity index (χ4v) is 6.50. The summed E-state index contributed by atoms with van der Waals surface area (Å²) in [6.45, 7) is 11.3. The van der Waals surface area contributed by atoms with Gasteiger partial charge in [0.1, 0.15) is 30.2 Å². The van der Waals surface area contributed by atoms with Crippen molar-refractivity contribution in [2.75, 3.05) is 12.3 Å². The highest BCUT2D eigenvalue weighted by Gasteiger charge is 2.55. The maximum absolute atomic E-state index is 6.79. The first-order chi connectivity index (χ1) is 13.4. The van der Waals surface area contributed by atoms with E-state index in [4.69, 9.17) is 35.8 Å². The van der Waals surface area contributed by atoms with Crippen LogP contribution in [0.1, 0.15) is 27.0 Å². The lowest BCUT2D eigenvalue weighted by Gasteiger charge is -2.41. The minimum absolute atomic E-state index is 0.00552.